The van der Waals surface area contributed by atoms with Crippen LogP contribution >= 0.6 is 11.6 Å². The highest BCUT2D eigenvalue weighted by molar-refractivity contribution is 6.30. The summed E-state index contributed by atoms with van der Waals surface area (Å²) >= 11 is 5.88. The highest BCUT2D eigenvalue weighted by atomic mass is 35.5. The minimum Gasteiger partial charge on any atom is -0.355 e. The van der Waals surface area contributed by atoms with Gasteiger partial charge in [-0.25, -0.2) is 0 Å². The van der Waals surface area contributed by atoms with Crippen LogP contribution in [0.3, 0.4) is 0 Å². The van der Waals surface area contributed by atoms with E-state index in [1.807, 2.05) is 34.8 Å². The van der Waals surface area contributed by atoms with Gasteiger partial charge in [-0.1, -0.05) is 11.6 Å². The molecule has 1 aromatic heterocycles. The van der Waals surface area contributed by atoms with Crippen LogP contribution in [-0.4, -0.2) is 46.6 Å². The van der Waals surface area contributed by atoms with Gasteiger partial charge in [0.05, 0.1) is 5.52 Å². The van der Waals surface area contributed by atoms with Crippen molar-refractivity contribution < 1.29 is 9.59 Å². The number of aromatic nitrogens is 2. The number of halogens is 1. The molecule has 6 nitrogen and oxygen atoms in total. The average molecular weight is 397 g/mol. The van der Waals surface area contributed by atoms with Gasteiger partial charge >= 0.3 is 0 Å². The van der Waals surface area contributed by atoms with Crippen LogP contribution in [0.4, 0.5) is 0 Å². The second-order valence-electron chi connectivity index (χ2n) is 7.18. The number of nitrogens with one attached hydrogen (secondary N) is 1. The molecule has 0 radical (unpaired) electrons. The van der Waals surface area contributed by atoms with Crippen LogP contribution in [0.15, 0.2) is 42.6 Å². The van der Waals surface area contributed by atoms with Gasteiger partial charge in [-0.05, 0) is 48.9 Å². The predicted octanol–water partition coefficient (Wildman–Crippen LogP) is 3.13. The third kappa shape index (κ3) is 3.36. The van der Waals surface area contributed by atoms with Crippen molar-refractivity contribution in [1.82, 2.24) is 20.0 Å². The van der Waals surface area contributed by atoms with Gasteiger partial charge in [0.25, 0.3) is 11.8 Å². The number of nitrogens with zero attached hydrogens (tertiary/aromatic N) is 3. The number of aryl methyl sites for hydroxylation is 1. The Hall–Kier alpha value is -2.86. The molecule has 0 atom stereocenters. The maximum absolute atomic E-state index is 12.5. The van der Waals surface area contributed by atoms with Crippen molar-refractivity contribution in [1.29, 1.82) is 0 Å². The first-order chi connectivity index (χ1) is 13.5. The zero-order valence-corrected chi connectivity index (χ0v) is 16.5. The zero-order chi connectivity index (χ0) is 19.8. The fourth-order valence-corrected chi connectivity index (χ4v) is 3.77. The molecule has 2 heterocycles. The molecule has 2 aromatic carbocycles. The van der Waals surface area contributed by atoms with Crippen LogP contribution in [0.1, 0.15) is 26.3 Å². The summed E-state index contributed by atoms with van der Waals surface area (Å²) in [6, 6.07) is 10.7. The largest absolute Gasteiger partial charge is 0.355 e. The maximum atomic E-state index is 12.5. The molecule has 3 aromatic rings. The summed E-state index contributed by atoms with van der Waals surface area (Å²) in [7, 11) is 1.63. The highest BCUT2D eigenvalue weighted by Gasteiger charge is 2.31. The van der Waals surface area contributed by atoms with Crippen molar-refractivity contribution in [3.63, 3.8) is 0 Å². The molecule has 28 heavy (non-hydrogen) atoms. The van der Waals surface area contributed by atoms with E-state index in [0.717, 1.165) is 23.0 Å². The second kappa shape index (κ2) is 7.28. The molecular formula is C21H21ClN4O2. The SMILES string of the molecule is CNC(=O)c1ccc2nn(CC3CN(C(=O)c4ccc(Cl)cc4)C3)cc2c1C. The molecule has 4 rings (SSSR count). The first-order valence-electron chi connectivity index (χ1n) is 9.20. The highest BCUT2D eigenvalue weighted by Crippen LogP contribution is 2.24. The molecule has 144 valence electrons. The lowest BCUT2D eigenvalue weighted by atomic mass is 9.99. The number of hydrogen-bond acceptors (Lipinski definition) is 3. The average Bonchev–Trinajstić information content (AvgIpc) is 3.08. The van der Waals surface area contributed by atoms with E-state index in [-0.39, 0.29) is 11.8 Å². The van der Waals surface area contributed by atoms with Crippen LogP contribution in [0.25, 0.3) is 10.9 Å². The van der Waals surface area contributed by atoms with E-state index in [9.17, 15) is 9.59 Å². The maximum Gasteiger partial charge on any atom is 0.253 e. The summed E-state index contributed by atoms with van der Waals surface area (Å²) in [6.45, 7) is 4.10. The van der Waals surface area contributed by atoms with E-state index in [4.69, 9.17) is 11.6 Å². The van der Waals surface area contributed by atoms with E-state index >= 15 is 0 Å². The fourth-order valence-electron chi connectivity index (χ4n) is 3.65. The molecule has 2 amide bonds. The number of carbonyl (C=O) groups excluding carboxylic acids is 2. The smallest absolute Gasteiger partial charge is 0.253 e. The number of hydrogen-bond donors (Lipinski definition) is 1. The standard InChI is InChI=1S/C21H21ClN4O2/c1-13-17(20(27)23-2)7-8-19-18(13)12-26(24-19)11-14-9-25(10-14)21(28)15-3-5-16(22)6-4-15/h3-8,12,14H,9-11H2,1-2H3,(H,23,27). The molecule has 1 aliphatic heterocycles. The number of likely N-dealkylation sites (tertiary alicyclic amines) is 1. The zero-order valence-electron chi connectivity index (χ0n) is 15.8. The summed E-state index contributed by atoms with van der Waals surface area (Å²) in [5, 5.41) is 8.90. The van der Waals surface area contributed by atoms with Gasteiger partial charge in [0.15, 0.2) is 0 Å². The summed E-state index contributed by atoms with van der Waals surface area (Å²) in [6.07, 6.45) is 1.99. The Kier molecular flexibility index (Phi) is 4.81. The van der Waals surface area contributed by atoms with Crippen molar-refractivity contribution in [3.8, 4) is 0 Å². The van der Waals surface area contributed by atoms with Gasteiger partial charge in [-0.2, -0.15) is 5.10 Å². The number of amides is 2. The Bertz CT molecular complexity index is 1050. The number of fused-ring (bicyclic) bond motifs is 1. The Labute approximate surface area is 168 Å². The molecule has 0 unspecified atom stereocenters. The van der Waals surface area contributed by atoms with E-state index in [0.29, 0.717) is 35.2 Å². The molecule has 1 fully saturated rings. The number of rotatable bonds is 4. The second-order valence-corrected chi connectivity index (χ2v) is 7.62. The Morgan fingerprint density at radius 2 is 1.89 bits per heavy atom. The quantitative estimate of drug-likeness (QED) is 0.736. The molecule has 1 N–H and O–H groups in total. The van der Waals surface area contributed by atoms with Gasteiger partial charge in [-0.15, -0.1) is 0 Å². The fraction of sp³-hybridized carbons (Fsp3) is 0.286. The Morgan fingerprint density at radius 3 is 2.57 bits per heavy atom. The summed E-state index contributed by atoms with van der Waals surface area (Å²) in [5.41, 5.74) is 3.12. The van der Waals surface area contributed by atoms with Crippen molar-refractivity contribution in [2.24, 2.45) is 5.92 Å². The predicted molar refractivity (Wildman–Crippen MR) is 109 cm³/mol. The van der Waals surface area contributed by atoms with Crippen molar-refractivity contribution in [2.45, 2.75) is 13.5 Å². The van der Waals surface area contributed by atoms with Crippen LogP contribution in [0.2, 0.25) is 5.02 Å². The first kappa shape index (κ1) is 18.5. The minimum absolute atomic E-state index is 0.0320. The Morgan fingerprint density at radius 1 is 1.18 bits per heavy atom. The monoisotopic (exact) mass is 396 g/mol. The molecule has 0 aliphatic carbocycles. The number of carbonyl (C=O) groups is 2. The van der Waals surface area contributed by atoms with E-state index in [2.05, 4.69) is 10.4 Å². The first-order valence-corrected chi connectivity index (χ1v) is 9.57. The topological polar surface area (TPSA) is 67.2 Å². The number of benzene rings is 2. The molecule has 7 heteroatoms. The van der Waals surface area contributed by atoms with E-state index in [1.54, 1.807) is 31.3 Å². The lowest BCUT2D eigenvalue weighted by Crippen LogP contribution is -2.51. The minimum atomic E-state index is -0.0949. The summed E-state index contributed by atoms with van der Waals surface area (Å²) < 4.78 is 1.92. The summed E-state index contributed by atoms with van der Waals surface area (Å²) in [4.78, 5) is 26.3. The summed E-state index contributed by atoms with van der Waals surface area (Å²) in [5.74, 6) is 0.302. The normalized spacial score (nSPS) is 14.2. The third-order valence-electron chi connectivity index (χ3n) is 5.26. The lowest BCUT2D eigenvalue weighted by Gasteiger charge is -2.39. The van der Waals surface area contributed by atoms with Crippen molar-refractivity contribution in [2.75, 3.05) is 20.1 Å². The van der Waals surface area contributed by atoms with E-state index < -0.39 is 0 Å². The van der Waals surface area contributed by atoms with Gasteiger partial charge in [0.1, 0.15) is 0 Å². The molecule has 0 spiro atoms. The van der Waals surface area contributed by atoms with Crippen LogP contribution in [-0.2, 0) is 6.54 Å². The van der Waals surface area contributed by atoms with Crippen molar-refractivity contribution >= 4 is 34.3 Å². The van der Waals surface area contributed by atoms with Crippen LogP contribution < -0.4 is 5.32 Å². The molecule has 1 saturated heterocycles. The van der Waals surface area contributed by atoms with Crippen LogP contribution in [0.5, 0.6) is 0 Å². The van der Waals surface area contributed by atoms with E-state index in [1.165, 1.54) is 0 Å². The van der Waals surface area contributed by atoms with Gasteiger partial charge in [0.2, 0.25) is 0 Å². The molecule has 0 saturated carbocycles. The molecule has 0 bridgehead atoms. The molecule has 1 aliphatic rings. The van der Waals surface area contributed by atoms with Gasteiger partial charge in [-0.3, -0.25) is 14.3 Å². The third-order valence-corrected chi connectivity index (χ3v) is 5.51. The van der Waals surface area contributed by atoms with Gasteiger partial charge < -0.3 is 10.2 Å². The lowest BCUT2D eigenvalue weighted by molar-refractivity contribution is 0.0462. The molecular weight excluding hydrogens is 376 g/mol. The van der Waals surface area contributed by atoms with Crippen molar-refractivity contribution in [3.05, 3.63) is 64.3 Å². The van der Waals surface area contributed by atoms with Gasteiger partial charge in [0, 0.05) is 60.3 Å². The van der Waals surface area contributed by atoms with Crippen LogP contribution in [0, 0.1) is 12.8 Å². The Balaban J connectivity index is 1.42.